The Labute approximate surface area is 239 Å². The SMILES string of the molecule is CC(C)(C)[O-].CC(C)(C)[O-].CC(C)(C)[O-].CC(C)(C)[O-].CC(C)(C)[O-].[O-2].[O-2].[O-2].[O-2].[O-2].[V].[V].[V]. The van der Waals surface area contributed by atoms with E-state index >= 15 is 0 Å². The number of hydrogen-bond acceptors (Lipinski definition) is 5. The van der Waals surface area contributed by atoms with E-state index in [9.17, 15) is 25.5 Å². The minimum atomic E-state index is -0.750. The van der Waals surface area contributed by atoms with Crippen LogP contribution in [0.2, 0.25) is 0 Å². The molecule has 0 aliphatic carbocycles. The van der Waals surface area contributed by atoms with Crippen molar-refractivity contribution in [2.75, 3.05) is 0 Å². The molecule has 0 aliphatic rings. The Morgan fingerprint density at radius 2 is 0.242 bits per heavy atom. The summed E-state index contributed by atoms with van der Waals surface area (Å²) in [7, 11) is 0. The second-order valence-electron chi connectivity index (χ2n) is 10.6. The van der Waals surface area contributed by atoms with Crippen LogP contribution in [0, 0.1) is 0 Å². The fourth-order valence-electron chi connectivity index (χ4n) is 0. The first kappa shape index (κ1) is 83.8. The van der Waals surface area contributed by atoms with E-state index in [2.05, 4.69) is 0 Å². The maximum Gasteiger partial charge on any atom is 0 e. The Balaban J connectivity index is -0.0000000130. The summed E-state index contributed by atoms with van der Waals surface area (Å²) in [4.78, 5) is 0. The molecule has 0 spiro atoms. The summed E-state index contributed by atoms with van der Waals surface area (Å²) in [5.74, 6) is 0. The van der Waals surface area contributed by atoms with Crippen LogP contribution in [0.15, 0.2) is 0 Å². The molecule has 0 saturated heterocycles. The van der Waals surface area contributed by atoms with Crippen molar-refractivity contribution in [2.45, 2.75) is 132 Å². The molecule has 33 heavy (non-hydrogen) atoms. The third-order valence-electron chi connectivity index (χ3n) is 0. The van der Waals surface area contributed by atoms with Crippen LogP contribution < -0.4 is 25.5 Å². The van der Waals surface area contributed by atoms with Gasteiger partial charge in [0.25, 0.3) is 0 Å². The summed E-state index contributed by atoms with van der Waals surface area (Å²) < 4.78 is 0. The van der Waals surface area contributed by atoms with E-state index in [0.29, 0.717) is 0 Å². The topological polar surface area (TPSA) is 258 Å². The van der Waals surface area contributed by atoms with Gasteiger partial charge in [-0.1, -0.05) is 104 Å². The first-order chi connectivity index (χ1) is 10.0. The smallest absolute Gasteiger partial charge is 0 e. The van der Waals surface area contributed by atoms with Crippen LogP contribution >= 0.6 is 0 Å². The normalized spacial score (nSPS) is 9.09. The molecule has 0 amide bonds. The van der Waals surface area contributed by atoms with Gasteiger partial charge in [0.05, 0.1) is 0 Å². The Bertz CT molecular complexity index is 189. The van der Waals surface area contributed by atoms with Crippen molar-refractivity contribution in [3.8, 4) is 0 Å². The van der Waals surface area contributed by atoms with Crippen LogP contribution in [0.1, 0.15) is 104 Å². The van der Waals surface area contributed by atoms with Gasteiger partial charge in [-0.15, -0.1) is 28.0 Å². The van der Waals surface area contributed by atoms with Gasteiger partial charge in [0.15, 0.2) is 0 Å². The molecule has 0 atom stereocenters. The monoisotopic (exact) mass is 598 g/mol. The summed E-state index contributed by atoms with van der Waals surface area (Å²) in [6, 6.07) is 0. The van der Waals surface area contributed by atoms with E-state index in [-0.39, 0.29) is 83.0 Å². The van der Waals surface area contributed by atoms with Gasteiger partial charge in [-0.05, 0) is 0 Å². The Morgan fingerprint density at radius 1 is 0.242 bits per heavy atom. The zero-order chi connectivity index (χ0) is 22.5. The predicted octanol–water partition coefficient (Wildman–Crippen LogP) is 0.125. The Morgan fingerprint density at radius 3 is 0.242 bits per heavy atom. The maximum absolute atomic E-state index is 10.1. The predicted molar refractivity (Wildman–Crippen MR) is 102 cm³/mol. The third kappa shape index (κ3) is 17900. The van der Waals surface area contributed by atoms with Crippen molar-refractivity contribution in [3.63, 3.8) is 0 Å². The molecule has 0 bridgehead atoms. The van der Waals surface area contributed by atoms with Gasteiger partial charge in [0.1, 0.15) is 0 Å². The fourth-order valence-corrected chi connectivity index (χ4v) is 0. The second-order valence-corrected chi connectivity index (χ2v) is 10.6. The van der Waals surface area contributed by atoms with Crippen molar-refractivity contribution in [3.05, 3.63) is 0 Å². The molecule has 0 rings (SSSR count). The maximum atomic E-state index is 10.1. The molecule has 0 aromatic carbocycles. The van der Waals surface area contributed by atoms with Crippen molar-refractivity contribution < 1.29 is 109 Å². The molecule has 215 valence electrons. The quantitative estimate of drug-likeness (QED) is 0.375. The van der Waals surface area contributed by atoms with Crippen molar-refractivity contribution in [2.24, 2.45) is 0 Å². The van der Waals surface area contributed by atoms with Gasteiger partial charge >= 0.3 is 0 Å². The summed E-state index contributed by atoms with van der Waals surface area (Å²) in [5, 5.41) is 50.5. The minimum absolute atomic E-state index is 0. The van der Waals surface area contributed by atoms with Crippen LogP contribution in [-0.2, 0) is 83.0 Å². The molecule has 13 heteroatoms. The van der Waals surface area contributed by atoms with Crippen LogP contribution in [-0.4, -0.2) is 28.0 Å². The van der Waals surface area contributed by atoms with Gasteiger partial charge < -0.3 is 52.9 Å². The standard InChI is InChI=1S/5C4H9O.5O.3V/c5*1-4(2,3)5;;;;;;;;/h5*1-3H3;;;;;;;;/q5*-1;5*-2;;;. The van der Waals surface area contributed by atoms with Gasteiger partial charge in [0, 0.05) is 55.7 Å². The summed E-state index contributed by atoms with van der Waals surface area (Å²) >= 11 is 0. The summed E-state index contributed by atoms with van der Waals surface area (Å²) in [5.41, 5.74) is -3.75. The summed E-state index contributed by atoms with van der Waals surface area (Å²) in [6.07, 6.45) is 0. The fraction of sp³-hybridized carbons (Fsp3) is 1.00. The van der Waals surface area contributed by atoms with E-state index in [1.165, 1.54) is 0 Å². The van der Waals surface area contributed by atoms with Crippen LogP contribution in [0.4, 0.5) is 0 Å². The van der Waals surface area contributed by atoms with Gasteiger partial charge in [-0.3, -0.25) is 0 Å². The number of hydrogen-bond donors (Lipinski definition) is 0. The average Bonchev–Trinajstić information content (AvgIpc) is 1.79. The van der Waals surface area contributed by atoms with E-state index in [4.69, 9.17) is 0 Å². The zero-order valence-corrected chi connectivity index (χ0v) is 27.1. The molecular formula is C20H45O10V3-15. The molecule has 0 saturated carbocycles. The summed E-state index contributed by atoms with van der Waals surface area (Å²) in [6.45, 7) is 24.5. The first-order valence-corrected chi connectivity index (χ1v) is 8.52. The van der Waals surface area contributed by atoms with Gasteiger partial charge in [0.2, 0.25) is 0 Å². The molecule has 10 nitrogen and oxygen atoms in total. The Kier molecular flexibility index (Phi) is 90.2. The van der Waals surface area contributed by atoms with Crippen LogP contribution in [0.5, 0.6) is 0 Å². The van der Waals surface area contributed by atoms with E-state index in [1.807, 2.05) is 0 Å². The van der Waals surface area contributed by atoms with E-state index < -0.39 is 28.0 Å². The first-order valence-electron chi connectivity index (χ1n) is 8.52. The van der Waals surface area contributed by atoms with Gasteiger partial charge in [-0.2, -0.15) is 0 Å². The molecule has 0 heterocycles. The minimum Gasteiger partial charge on any atom is -2.00 e. The van der Waals surface area contributed by atoms with E-state index in [0.717, 1.165) is 0 Å². The number of rotatable bonds is 0. The molecule has 0 aromatic heterocycles. The largest absolute Gasteiger partial charge is 2.00 e. The third-order valence-corrected chi connectivity index (χ3v) is 0. The Hall–Kier alpha value is 1.35. The van der Waals surface area contributed by atoms with E-state index in [1.54, 1.807) is 104 Å². The van der Waals surface area contributed by atoms with Gasteiger partial charge in [-0.25, -0.2) is 0 Å². The van der Waals surface area contributed by atoms with Crippen molar-refractivity contribution in [1.29, 1.82) is 0 Å². The molecule has 3 radical (unpaired) electrons. The molecule has 0 unspecified atom stereocenters. The molecule has 0 N–H and O–H groups in total. The molecular weight excluding hydrogens is 553 g/mol. The van der Waals surface area contributed by atoms with Crippen LogP contribution in [0.3, 0.4) is 0 Å². The van der Waals surface area contributed by atoms with Crippen LogP contribution in [0.25, 0.3) is 0 Å². The molecule has 0 aromatic rings. The molecule has 0 aliphatic heterocycles. The zero-order valence-electron chi connectivity index (χ0n) is 22.9. The molecule has 0 fully saturated rings. The van der Waals surface area contributed by atoms with Crippen molar-refractivity contribution >= 4 is 0 Å². The average molecular weight is 598 g/mol. The second kappa shape index (κ2) is 35.5. The van der Waals surface area contributed by atoms with Crippen molar-refractivity contribution in [1.82, 2.24) is 0 Å².